The first-order valence-corrected chi connectivity index (χ1v) is 11.1. The van der Waals surface area contributed by atoms with Crippen molar-refractivity contribution in [2.24, 2.45) is 0 Å². The number of carboxylic acid groups (broad SMARTS) is 1. The average molecular weight is 471 g/mol. The number of carboxylic acids is 1. The van der Waals surface area contributed by atoms with Gasteiger partial charge >= 0.3 is 5.97 Å². The van der Waals surface area contributed by atoms with Gasteiger partial charge in [0, 0.05) is 31.8 Å². The van der Waals surface area contributed by atoms with Crippen LogP contribution in [0.5, 0.6) is 5.75 Å². The Morgan fingerprint density at radius 2 is 1.82 bits per heavy atom. The van der Waals surface area contributed by atoms with Crippen LogP contribution in [0.3, 0.4) is 0 Å². The van der Waals surface area contributed by atoms with Gasteiger partial charge in [0.25, 0.3) is 5.91 Å². The van der Waals surface area contributed by atoms with E-state index in [0.717, 1.165) is 5.56 Å². The highest BCUT2D eigenvalue weighted by atomic mass is 32.2. The van der Waals surface area contributed by atoms with Gasteiger partial charge in [-0.25, -0.2) is 17.7 Å². The smallest absolute Gasteiger partial charge is 0.341 e. The van der Waals surface area contributed by atoms with Crippen LogP contribution in [0.4, 0.5) is 4.39 Å². The first-order chi connectivity index (χ1) is 15.8. The van der Waals surface area contributed by atoms with Crippen molar-refractivity contribution in [3.8, 4) is 16.9 Å². The second-order valence-electron chi connectivity index (χ2n) is 7.16. The maximum atomic E-state index is 13.2. The van der Waals surface area contributed by atoms with Gasteiger partial charge in [0.1, 0.15) is 22.6 Å². The highest BCUT2D eigenvalue weighted by Crippen LogP contribution is 2.32. The van der Waals surface area contributed by atoms with Crippen LogP contribution in [0.2, 0.25) is 0 Å². The molecular formula is C24H23FN2O5S. The summed E-state index contributed by atoms with van der Waals surface area (Å²) in [6.07, 6.45) is 0. The van der Waals surface area contributed by atoms with Crippen molar-refractivity contribution in [2.45, 2.75) is 11.4 Å². The Morgan fingerprint density at radius 1 is 1.09 bits per heavy atom. The van der Waals surface area contributed by atoms with E-state index in [4.69, 9.17) is 9.84 Å². The number of rotatable bonds is 9. The Kier molecular flexibility index (Phi) is 7.92. The molecule has 0 saturated carbocycles. The molecule has 0 heterocycles. The van der Waals surface area contributed by atoms with E-state index in [2.05, 4.69) is 5.32 Å². The number of hydrogen-bond donors (Lipinski definition) is 2. The molecule has 0 aliphatic rings. The molecule has 0 saturated heterocycles. The number of nitrogens with zero attached hydrogens (tertiary/aromatic N) is 1. The second-order valence-corrected chi connectivity index (χ2v) is 8.76. The van der Waals surface area contributed by atoms with Crippen molar-refractivity contribution in [3.63, 3.8) is 0 Å². The Bertz CT molecular complexity index is 1180. The number of benzene rings is 3. The van der Waals surface area contributed by atoms with E-state index in [0.29, 0.717) is 33.9 Å². The van der Waals surface area contributed by atoms with Crippen molar-refractivity contribution in [3.05, 3.63) is 83.7 Å². The topological polar surface area (TPSA) is 95.9 Å². The highest BCUT2D eigenvalue weighted by molar-refractivity contribution is 7.82. The fourth-order valence-electron chi connectivity index (χ4n) is 3.19. The van der Waals surface area contributed by atoms with Crippen molar-refractivity contribution in [1.29, 1.82) is 0 Å². The summed E-state index contributed by atoms with van der Waals surface area (Å²) < 4.78 is 33.0. The molecule has 0 fully saturated rings. The average Bonchev–Trinajstić information content (AvgIpc) is 2.82. The van der Waals surface area contributed by atoms with Gasteiger partial charge in [-0.1, -0.05) is 18.2 Å². The molecule has 3 rings (SSSR count). The largest absolute Gasteiger partial charge is 0.481 e. The van der Waals surface area contributed by atoms with Gasteiger partial charge in [0.15, 0.2) is 6.61 Å². The molecule has 0 bridgehead atoms. The maximum Gasteiger partial charge on any atom is 0.341 e. The van der Waals surface area contributed by atoms with Gasteiger partial charge in [-0.05, 0) is 59.7 Å². The molecule has 1 unspecified atom stereocenters. The van der Waals surface area contributed by atoms with Crippen LogP contribution in [0.15, 0.2) is 71.6 Å². The SMILES string of the molecule is CNC(=O)c1cccc(-c2cc(CN(C)S(=O)c3ccc(F)cc3)ccc2OCC(=O)O)c1. The van der Waals surface area contributed by atoms with Gasteiger partial charge in [-0.15, -0.1) is 0 Å². The molecule has 0 aliphatic carbocycles. The third kappa shape index (κ3) is 6.24. The zero-order valence-corrected chi connectivity index (χ0v) is 18.9. The summed E-state index contributed by atoms with van der Waals surface area (Å²) in [5.74, 6) is -1.43. The highest BCUT2D eigenvalue weighted by Gasteiger charge is 2.15. The van der Waals surface area contributed by atoms with Crippen LogP contribution in [0.25, 0.3) is 11.1 Å². The zero-order valence-electron chi connectivity index (χ0n) is 18.1. The molecule has 1 amide bonds. The van der Waals surface area contributed by atoms with Crippen LogP contribution >= 0.6 is 0 Å². The van der Waals surface area contributed by atoms with E-state index in [1.807, 2.05) is 0 Å². The minimum Gasteiger partial charge on any atom is -0.481 e. The lowest BCUT2D eigenvalue weighted by Gasteiger charge is -2.18. The Morgan fingerprint density at radius 3 is 2.48 bits per heavy atom. The van der Waals surface area contributed by atoms with Crippen LogP contribution in [0.1, 0.15) is 15.9 Å². The summed E-state index contributed by atoms with van der Waals surface area (Å²) in [6, 6.07) is 17.5. The minimum absolute atomic E-state index is 0.254. The fraction of sp³-hybridized carbons (Fsp3) is 0.167. The van der Waals surface area contributed by atoms with Crippen molar-refractivity contribution in [2.75, 3.05) is 20.7 Å². The zero-order chi connectivity index (χ0) is 24.0. The fourth-order valence-corrected chi connectivity index (χ4v) is 4.18. The van der Waals surface area contributed by atoms with Crippen LogP contribution < -0.4 is 10.1 Å². The first kappa shape index (κ1) is 24.1. The number of carbonyl (C=O) groups excluding carboxylic acids is 1. The van der Waals surface area contributed by atoms with Crippen molar-refractivity contribution in [1.82, 2.24) is 9.62 Å². The number of halogens is 1. The Hall–Kier alpha value is -3.56. The van der Waals surface area contributed by atoms with Gasteiger partial charge in [-0.3, -0.25) is 4.79 Å². The molecule has 2 N–H and O–H groups in total. The molecular weight excluding hydrogens is 447 g/mol. The van der Waals surface area contributed by atoms with E-state index < -0.39 is 29.4 Å². The molecule has 172 valence electrons. The Balaban J connectivity index is 1.92. The van der Waals surface area contributed by atoms with Gasteiger partial charge < -0.3 is 15.2 Å². The van der Waals surface area contributed by atoms with E-state index in [9.17, 15) is 18.2 Å². The minimum atomic E-state index is -1.51. The molecule has 0 aliphatic heterocycles. The molecule has 0 aromatic heterocycles. The summed E-state index contributed by atoms with van der Waals surface area (Å²) in [4.78, 5) is 23.5. The van der Waals surface area contributed by atoms with E-state index >= 15 is 0 Å². The lowest BCUT2D eigenvalue weighted by Crippen LogP contribution is -2.21. The number of amides is 1. The molecule has 0 radical (unpaired) electrons. The monoisotopic (exact) mass is 470 g/mol. The molecule has 0 spiro atoms. The quantitative estimate of drug-likeness (QED) is 0.499. The summed E-state index contributed by atoms with van der Waals surface area (Å²) in [5, 5.41) is 11.6. The third-order valence-electron chi connectivity index (χ3n) is 4.76. The van der Waals surface area contributed by atoms with E-state index in [1.165, 1.54) is 31.3 Å². The number of ether oxygens (including phenoxy) is 1. The standard InChI is InChI=1S/C24H23FN2O5S/c1-26-24(30)18-5-3-4-17(13-18)21-12-16(6-11-22(21)32-15-23(28)29)14-27(2)33(31)20-9-7-19(25)8-10-20/h3-13H,14-15H2,1-2H3,(H,26,30)(H,28,29). The van der Waals surface area contributed by atoms with Gasteiger partial charge in [0.05, 0.1) is 4.90 Å². The molecule has 7 nitrogen and oxygen atoms in total. The number of nitrogens with one attached hydrogen (secondary N) is 1. The predicted octanol–water partition coefficient (Wildman–Crippen LogP) is 3.47. The Labute approximate surface area is 193 Å². The van der Waals surface area contributed by atoms with Crippen LogP contribution in [-0.4, -0.2) is 46.2 Å². The molecule has 33 heavy (non-hydrogen) atoms. The summed E-state index contributed by atoms with van der Waals surface area (Å²) >= 11 is 0. The third-order valence-corrected chi connectivity index (χ3v) is 6.13. The van der Waals surface area contributed by atoms with Crippen molar-refractivity contribution >= 4 is 22.9 Å². The molecule has 3 aromatic rings. The van der Waals surface area contributed by atoms with Crippen LogP contribution in [0, 0.1) is 5.82 Å². The second kappa shape index (κ2) is 10.8. The molecule has 9 heteroatoms. The van der Waals surface area contributed by atoms with Crippen LogP contribution in [-0.2, 0) is 22.3 Å². The lowest BCUT2D eigenvalue weighted by molar-refractivity contribution is -0.139. The van der Waals surface area contributed by atoms with Gasteiger partial charge in [-0.2, -0.15) is 0 Å². The number of carbonyl (C=O) groups is 2. The molecule has 3 aromatic carbocycles. The lowest BCUT2D eigenvalue weighted by atomic mass is 9.99. The normalized spacial score (nSPS) is 11.8. The number of hydrogen-bond acceptors (Lipinski definition) is 4. The first-order valence-electron chi connectivity index (χ1n) is 9.97. The van der Waals surface area contributed by atoms with E-state index in [-0.39, 0.29) is 5.91 Å². The maximum absolute atomic E-state index is 13.2. The van der Waals surface area contributed by atoms with Gasteiger partial charge in [0.2, 0.25) is 0 Å². The predicted molar refractivity (Wildman–Crippen MR) is 123 cm³/mol. The van der Waals surface area contributed by atoms with Crippen molar-refractivity contribution < 1.29 is 28.0 Å². The summed E-state index contributed by atoms with van der Waals surface area (Å²) in [7, 11) is 1.71. The van der Waals surface area contributed by atoms with E-state index in [1.54, 1.807) is 53.8 Å². The molecule has 1 atom stereocenters. The summed E-state index contributed by atoms with van der Waals surface area (Å²) in [5.41, 5.74) is 2.50. The summed E-state index contributed by atoms with van der Waals surface area (Å²) in [6.45, 7) is -0.221. The number of aliphatic carboxylic acids is 1.